The molecule has 0 bridgehead atoms. The Hall–Kier alpha value is -3.23. The van der Waals surface area contributed by atoms with Crippen LogP contribution in [0.1, 0.15) is 32.1 Å². The standard InChI is InChI=1S/C19H22N6O3/c1-3-17-20-18(28-22-17)16-12-25(23-21-16)14-9-10-24(11-14)19(26)13(2)27-15-7-5-4-6-8-15/h4-8,12-14H,3,9-11H2,1-2H3. The summed E-state index contributed by atoms with van der Waals surface area (Å²) in [7, 11) is 0. The van der Waals surface area contributed by atoms with Gasteiger partial charge >= 0.3 is 0 Å². The second-order valence-electron chi connectivity index (χ2n) is 6.75. The number of benzene rings is 1. The zero-order valence-electron chi connectivity index (χ0n) is 15.9. The molecule has 0 spiro atoms. The van der Waals surface area contributed by atoms with Gasteiger partial charge in [0.1, 0.15) is 5.75 Å². The molecule has 4 rings (SSSR count). The average Bonchev–Trinajstić information content (AvgIpc) is 3.47. The monoisotopic (exact) mass is 382 g/mol. The Kier molecular flexibility index (Phi) is 5.05. The zero-order chi connectivity index (χ0) is 19.5. The van der Waals surface area contributed by atoms with Gasteiger partial charge in [-0.1, -0.05) is 35.5 Å². The van der Waals surface area contributed by atoms with Gasteiger partial charge in [0.2, 0.25) is 0 Å². The van der Waals surface area contributed by atoms with Crippen molar-refractivity contribution < 1.29 is 14.1 Å². The average molecular weight is 382 g/mol. The van der Waals surface area contributed by atoms with Crippen molar-refractivity contribution in [3.05, 3.63) is 42.4 Å². The molecule has 2 aromatic heterocycles. The summed E-state index contributed by atoms with van der Waals surface area (Å²) in [5.74, 6) is 1.65. The van der Waals surface area contributed by atoms with E-state index in [9.17, 15) is 4.79 Å². The molecule has 0 aliphatic carbocycles. The molecule has 3 aromatic rings. The topological polar surface area (TPSA) is 99.2 Å². The molecule has 0 radical (unpaired) electrons. The summed E-state index contributed by atoms with van der Waals surface area (Å²) in [6, 6.07) is 9.42. The number of carbonyl (C=O) groups is 1. The minimum absolute atomic E-state index is 0.0313. The first-order valence-corrected chi connectivity index (χ1v) is 9.39. The smallest absolute Gasteiger partial charge is 0.280 e. The highest BCUT2D eigenvalue weighted by Gasteiger charge is 2.31. The van der Waals surface area contributed by atoms with Gasteiger partial charge in [0.25, 0.3) is 11.8 Å². The van der Waals surface area contributed by atoms with Crippen LogP contribution in [-0.4, -0.2) is 55.1 Å². The Morgan fingerprint density at radius 3 is 2.93 bits per heavy atom. The van der Waals surface area contributed by atoms with Gasteiger partial charge in [-0.25, -0.2) is 4.68 Å². The van der Waals surface area contributed by atoms with Gasteiger partial charge in [-0.05, 0) is 25.5 Å². The lowest BCUT2D eigenvalue weighted by atomic mass is 10.3. The van der Waals surface area contributed by atoms with Crippen molar-refractivity contribution in [2.45, 2.75) is 38.8 Å². The fraction of sp³-hybridized carbons (Fsp3) is 0.421. The van der Waals surface area contributed by atoms with Crippen molar-refractivity contribution >= 4 is 5.91 Å². The van der Waals surface area contributed by atoms with E-state index in [1.54, 1.807) is 17.8 Å². The first kappa shape index (κ1) is 18.1. The van der Waals surface area contributed by atoms with Crippen LogP contribution in [0.15, 0.2) is 41.1 Å². The van der Waals surface area contributed by atoms with E-state index in [0.717, 1.165) is 6.42 Å². The lowest BCUT2D eigenvalue weighted by Gasteiger charge is -2.21. The predicted octanol–water partition coefficient (Wildman–Crippen LogP) is 2.13. The number of aryl methyl sites for hydroxylation is 1. The molecule has 2 unspecified atom stereocenters. The van der Waals surface area contributed by atoms with Crippen LogP contribution in [0.3, 0.4) is 0 Å². The van der Waals surface area contributed by atoms with Crippen LogP contribution < -0.4 is 4.74 Å². The first-order chi connectivity index (χ1) is 13.6. The summed E-state index contributed by atoms with van der Waals surface area (Å²) >= 11 is 0. The van der Waals surface area contributed by atoms with Crippen molar-refractivity contribution in [1.29, 1.82) is 0 Å². The number of hydrogen-bond donors (Lipinski definition) is 0. The normalized spacial score (nSPS) is 17.6. The Morgan fingerprint density at radius 1 is 1.36 bits per heavy atom. The third kappa shape index (κ3) is 3.73. The summed E-state index contributed by atoms with van der Waals surface area (Å²) in [4.78, 5) is 18.8. The molecule has 1 fully saturated rings. The van der Waals surface area contributed by atoms with Gasteiger partial charge in [0.05, 0.1) is 12.2 Å². The minimum Gasteiger partial charge on any atom is -0.481 e. The summed E-state index contributed by atoms with van der Waals surface area (Å²) < 4.78 is 12.7. The second-order valence-corrected chi connectivity index (χ2v) is 6.75. The second kappa shape index (κ2) is 7.79. The van der Waals surface area contributed by atoms with Crippen LogP contribution in [0.25, 0.3) is 11.6 Å². The zero-order valence-corrected chi connectivity index (χ0v) is 15.9. The molecular formula is C19H22N6O3. The van der Waals surface area contributed by atoms with E-state index < -0.39 is 6.10 Å². The van der Waals surface area contributed by atoms with E-state index in [1.807, 2.05) is 42.2 Å². The van der Waals surface area contributed by atoms with Crippen molar-refractivity contribution in [2.24, 2.45) is 0 Å². The molecule has 0 saturated carbocycles. The molecule has 146 valence electrons. The lowest BCUT2D eigenvalue weighted by Crippen LogP contribution is -2.39. The van der Waals surface area contributed by atoms with E-state index in [4.69, 9.17) is 9.26 Å². The summed E-state index contributed by atoms with van der Waals surface area (Å²) in [5, 5.41) is 12.2. The van der Waals surface area contributed by atoms with Crippen molar-refractivity contribution in [3.63, 3.8) is 0 Å². The maximum Gasteiger partial charge on any atom is 0.280 e. The minimum atomic E-state index is -0.543. The highest BCUT2D eigenvalue weighted by molar-refractivity contribution is 5.81. The number of amides is 1. The van der Waals surface area contributed by atoms with E-state index in [-0.39, 0.29) is 11.9 Å². The molecule has 2 atom stereocenters. The molecular weight excluding hydrogens is 360 g/mol. The third-order valence-electron chi connectivity index (χ3n) is 4.77. The predicted molar refractivity (Wildman–Crippen MR) is 99.5 cm³/mol. The van der Waals surface area contributed by atoms with Crippen molar-refractivity contribution in [3.8, 4) is 17.3 Å². The lowest BCUT2D eigenvalue weighted by molar-refractivity contribution is -0.136. The van der Waals surface area contributed by atoms with Crippen LogP contribution in [0.5, 0.6) is 5.75 Å². The van der Waals surface area contributed by atoms with Crippen LogP contribution in [-0.2, 0) is 11.2 Å². The number of likely N-dealkylation sites (tertiary alicyclic amines) is 1. The Morgan fingerprint density at radius 2 is 2.18 bits per heavy atom. The number of para-hydroxylation sites is 1. The molecule has 1 aliphatic heterocycles. The molecule has 9 heteroatoms. The van der Waals surface area contributed by atoms with E-state index in [0.29, 0.717) is 42.7 Å². The van der Waals surface area contributed by atoms with Crippen molar-refractivity contribution in [1.82, 2.24) is 30.0 Å². The quantitative estimate of drug-likeness (QED) is 0.644. The van der Waals surface area contributed by atoms with Crippen LogP contribution in [0.2, 0.25) is 0 Å². The number of ether oxygens (including phenoxy) is 1. The van der Waals surface area contributed by atoms with Gasteiger partial charge in [0.15, 0.2) is 17.6 Å². The van der Waals surface area contributed by atoms with Crippen LogP contribution in [0, 0.1) is 0 Å². The molecule has 0 N–H and O–H groups in total. The maximum atomic E-state index is 12.7. The number of carbonyl (C=O) groups excluding carboxylic acids is 1. The number of aromatic nitrogens is 5. The molecule has 1 amide bonds. The van der Waals surface area contributed by atoms with Crippen LogP contribution in [0.4, 0.5) is 0 Å². The molecule has 3 heterocycles. The van der Waals surface area contributed by atoms with Gasteiger partial charge in [-0.3, -0.25) is 4.79 Å². The fourth-order valence-corrected chi connectivity index (χ4v) is 3.22. The van der Waals surface area contributed by atoms with Gasteiger partial charge in [0, 0.05) is 19.5 Å². The van der Waals surface area contributed by atoms with Gasteiger partial charge in [-0.15, -0.1) is 5.10 Å². The molecule has 1 aromatic carbocycles. The third-order valence-corrected chi connectivity index (χ3v) is 4.77. The van der Waals surface area contributed by atoms with Crippen LogP contribution >= 0.6 is 0 Å². The van der Waals surface area contributed by atoms with E-state index in [1.165, 1.54) is 0 Å². The molecule has 1 aliphatic rings. The highest BCUT2D eigenvalue weighted by Crippen LogP contribution is 2.24. The SMILES string of the molecule is CCc1noc(-c2cn(C3CCN(C(=O)C(C)Oc4ccccc4)C3)nn2)n1. The van der Waals surface area contributed by atoms with Crippen molar-refractivity contribution in [2.75, 3.05) is 13.1 Å². The summed E-state index contributed by atoms with van der Waals surface area (Å²) in [6.07, 6.45) is 2.74. The number of rotatable bonds is 6. The first-order valence-electron chi connectivity index (χ1n) is 9.39. The number of nitrogens with zero attached hydrogens (tertiary/aromatic N) is 6. The highest BCUT2D eigenvalue weighted by atomic mass is 16.5. The Labute approximate surface area is 162 Å². The number of hydrogen-bond acceptors (Lipinski definition) is 7. The molecule has 1 saturated heterocycles. The van der Waals surface area contributed by atoms with Gasteiger partial charge in [-0.2, -0.15) is 4.98 Å². The largest absolute Gasteiger partial charge is 0.481 e. The summed E-state index contributed by atoms with van der Waals surface area (Å²) in [5.41, 5.74) is 0.540. The van der Waals surface area contributed by atoms with E-state index >= 15 is 0 Å². The maximum absolute atomic E-state index is 12.7. The summed E-state index contributed by atoms with van der Waals surface area (Å²) in [6.45, 7) is 4.95. The Balaban J connectivity index is 1.38. The Bertz CT molecular complexity index is 938. The van der Waals surface area contributed by atoms with Gasteiger partial charge < -0.3 is 14.2 Å². The van der Waals surface area contributed by atoms with E-state index in [2.05, 4.69) is 20.5 Å². The fourth-order valence-electron chi connectivity index (χ4n) is 3.22. The molecule has 28 heavy (non-hydrogen) atoms. The molecule has 9 nitrogen and oxygen atoms in total.